The van der Waals surface area contributed by atoms with E-state index in [0.717, 1.165) is 6.33 Å². The first-order valence-corrected chi connectivity index (χ1v) is 55.8. The molecule has 6 bridgehead atoms. The van der Waals surface area contributed by atoms with Gasteiger partial charge < -0.3 is 108 Å². The van der Waals surface area contributed by atoms with Crippen molar-refractivity contribution < 1.29 is 120 Å². The molecule has 16 N–H and O–H groups in total. The number of phosphoric ester groups is 2. The highest BCUT2D eigenvalue weighted by Gasteiger charge is 2.56. The number of nitrogen functional groups attached to an aromatic ring is 5. The second-order valence-electron chi connectivity index (χ2n) is 30.4. The maximum Gasteiger partial charge on any atom is 0.472 e. The Morgan fingerprint density at radius 3 is 1.41 bits per heavy atom. The summed E-state index contributed by atoms with van der Waals surface area (Å²) in [5.41, 5.74) is 19.8. The fraction of sp³-hybridized carbons (Fsp3) is 0.492. The number of rotatable bonds is 6. The van der Waals surface area contributed by atoms with Crippen molar-refractivity contribution in [3.05, 3.63) is 99.2 Å². The van der Waals surface area contributed by atoms with E-state index in [1.165, 1.54) is 68.4 Å². The molecule has 0 radical (unpaired) electrons. The molecule has 0 spiro atoms. The van der Waals surface area contributed by atoms with Crippen LogP contribution in [-0.2, 0) is 139 Å². The van der Waals surface area contributed by atoms with Crippen molar-refractivity contribution in [2.75, 3.05) is 68.3 Å². The molecule has 26 atom stereocenters. The third kappa shape index (κ3) is 19.1. The molecular weight excluding hydrogens is 2000 g/mol. The summed E-state index contributed by atoms with van der Waals surface area (Å²) in [7, 11) is -9.72. The lowest BCUT2D eigenvalue weighted by molar-refractivity contribution is -0.0590. The number of carbonyl (C=O) groups excluding carboxylic acids is 1. The molecule has 9 fully saturated rings. The van der Waals surface area contributed by atoms with Gasteiger partial charge >= 0.3 is 22.4 Å². The molecule has 0 amide bonds. The van der Waals surface area contributed by atoms with Crippen molar-refractivity contribution in [3.63, 3.8) is 0 Å². The van der Waals surface area contributed by atoms with Crippen LogP contribution in [0.2, 0.25) is 0 Å². The molecule has 0 aromatic carbocycles. The monoisotopic (exact) mass is 2070 g/mol. The second kappa shape index (κ2) is 36.1. The summed E-state index contributed by atoms with van der Waals surface area (Å²) < 4.78 is 172. The van der Waals surface area contributed by atoms with Gasteiger partial charge in [0.2, 0.25) is 34.9 Å². The third-order valence-electron chi connectivity index (χ3n) is 21.8. The minimum atomic E-state index is -5.10. The molecule has 10 aliphatic rings. The maximum absolute atomic E-state index is 16.0. The SMILES string of the molecule is Nc1nc2c(ncn2[C@@H]2O[C@@H]3COP(=O)(O)O[C@H]4C[C@H](n5cnc6c(N)ccnc65)O[C@@H]4COP(=S)(S)O[C@@H]2C3)c(=O)[nH]1.Nc1nc2c(ncn2[C@@H]2O[C@@H]3COP(=O)(O)O[C@H]4[C@H](F)[C@H](n5cnc6c(N)ccnc65)O[C@@H]4COP(=S)(S)O[C@@H]2[C@@H]3F)c(=O)[nH]1.Nc1nc2c(ncn2[C@@H]2O[C@@H]3COP(=S)(S)O[C@H]4C[C@H](n5cnc6c5N=CCC6=O)O[C@@H]4COP(O)(=S)O[C@@H]2C3)c(=O)[nH]1. The number of hydrogen-bond donors (Lipinski definition) is 14. The maximum atomic E-state index is 16.0. The number of anilines is 5. The number of aromatic amines is 3. The molecule has 9 saturated heterocycles. The summed E-state index contributed by atoms with van der Waals surface area (Å²) >= 11 is 35.4. The number of halogens is 2. The Kier molecular flexibility index (Phi) is 25.7. The number of thiol groups is 3. The molecule has 702 valence electrons. The topological polar surface area (TPSA) is 690 Å². The molecular formula is C63H72F2N26O27P6S7. The van der Waals surface area contributed by atoms with Crippen molar-refractivity contribution in [1.29, 1.82) is 0 Å². The van der Waals surface area contributed by atoms with Crippen LogP contribution in [0.3, 0.4) is 0 Å². The van der Waals surface area contributed by atoms with E-state index in [9.17, 15) is 43.0 Å². The zero-order valence-electron chi connectivity index (χ0n) is 66.2. The Labute approximate surface area is 766 Å². The van der Waals surface area contributed by atoms with Crippen LogP contribution in [0.5, 0.6) is 0 Å². The van der Waals surface area contributed by atoms with E-state index in [1.807, 2.05) is 0 Å². The van der Waals surface area contributed by atoms with Gasteiger partial charge in [-0.3, -0.25) is 79.6 Å². The number of imidazole rings is 6. The Balaban J connectivity index is 0.000000127. The van der Waals surface area contributed by atoms with Crippen LogP contribution in [0.4, 0.5) is 43.8 Å². The zero-order chi connectivity index (χ0) is 92.0. The van der Waals surface area contributed by atoms with Crippen molar-refractivity contribution in [1.82, 2.24) is 97.2 Å². The van der Waals surface area contributed by atoms with Crippen molar-refractivity contribution in [3.8, 4) is 0 Å². The number of hydrogen-bond acceptors (Lipinski definition) is 45. The predicted octanol–water partition coefficient (Wildman–Crippen LogP) is 4.30. The van der Waals surface area contributed by atoms with Crippen molar-refractivity contribution >= 4 is 226 Å². The Hall–Kier alpha value is -7.03. The number of fused-ring (bicyclic) bond motifs is 15. The van der Waals surface area contributed by atoms with Crippen LogP contribution in [0.25, 0.3) is 55.8 Å². The summed E-state index contributed by atoms with van der Waals surface area (Å²) in [6.45, 7) is -6.08. The number of Topliss-reactive ketones (excluding diaryl/α,β-unsaturated/α-hetero) is 1. The number of nitrogens with zero attached hydrogens (tertiary/aromatic N) is 18. The van der Waals surface area contributed by atoms with Gasteiger partial charge in [0.05, 0.1) is 107 Å². The summed E-state index contributed by atoms with van der Waals surface area (Å²) in [5, 5.41) is 0. The van der Waals surface area contributed by atoms with Gasteiger partial charge in [0.15, 0.2) is 99.3 Å². The minimum absolute atomic E-state index is 0.0252. The summed E-state index contributed by atoms with van der Waals surface area (Å²) in [6, 6.07) is 3.14. The molecule has 10 aliphatic heterocycles. The quantitative estimate of drug-likeness (QED) is 0.0815. The standard InChI is InChI=1S/C21H23F2N9O9P2S2.C21H25N9O9P2S2.C21H24N8O9P2S3/c22-10-8-3-36-42(34,35)40-14-9(39-19(11(14)23)31-5-27-12-7(24)1-2-26-16(12)31)4-37-43(44,45)41-15(10)20(38-8)32-6-28-13-17(32)29-21(25)30-18(13)33;22-10-1-2-24-17-15(10)25-7-29(17)14-4-11-13(37-14)6-35-41(42,43)39-12-3-9(5-34-40(32,33)38-11)36-20(12)30-8-26-16-18(30)27-21(23)28-19(16)31;22-21-26-18-16(19(31)27-21)25-8-29(18)20-12-3-9(35-20)5-34-40(42,43)38-11-4-14(36-13(11)6-33-39(32,41)37-12)28-7-24-15-10(30)1-2-23-17(15)28/h1-2,5-6,8-11,14-15,19-20H,3-4H2,(H2,24,26)(H,34,35)(H,44,45)(H3,25,29,30,33);1-2,7-9,11-14,20H,3-6H2,(H2,22,24)(H,32,33)(H,42,43)(H3,23,27,28,31);2,7-9,11-14,20H,1,3-6H2,(H,32,41)(H,42,43)(H3,22,26,27,31)/t8-,9-,10-,11+,14-,15-,19-,20-;9-,11-,12+,13+,14+,20+;9-,11-,12+,13+,14+,20+,39?/m100/s1. The molecule has 131 heavy (non-hydrogen) atoms. The smallest absolute Gasteiger partial charge is 0.397 e. The molecule has 21 heterocycles. The molecule has 53 nitrogen and oxygen atoms in total. The van der Waals surface area contributed by atoms with E-state index in [0.29, 0.717) is 22.7 Å². The highest BCUT2D eigenvalue weighted by atomic mass is 32.9. The normalized spacial score (nSPS) is 36.6. The summed E-state index contributed by atoms with van der Waals surface area (Å²) in [6.07, 6.45) is -9.16. The lowest BCUT2D eigenvalue weighted by Crippen LogP contribution is -2.34. The Bertz CT molecular complexity index is 6880. The minimum Gasteiger partial charge on any atom is -0.397 e. The van der Waals surface area contributed by atoms with Crippen LogP contribution in [0.1, 0.15) is 80.0 Å². The second-order valence-corrected chi connectivity index (χ2v) is 51.7. The molecule has 6 unspecified atom stereocenters. The van der Waals surface area contributed by atoms with Gasteiger partial charge in [0, 0.05) is 50.7 Å². The number of phosphoric acid groups is 2. The van der Waals surface area contributed by atoms with E-state index in [-0.39, 0.29) is 138 Å². The number of alkyl halides is 2. The van der Waals surface area contributed by atoms with Crippen molar-refractivity contribution in [2.45, 2.75) is 155 Å². The van der Waals surface area contributed by atoms with Crippen molar-refractivity contribution in [2.24, 2.45) is 4.99 Å². The summed E-state index contributed by atoms with van der Waals surface area (Å²) in [4.78, 5) is 139. The van der Waals surface area contributed by atoms with E-state index in [4.69, 9.17) is 159 Å². The van der Waals surface area contributed by atoms with Crippen LogP contribution < -0.4 is 45.3 Å². The van der Waals surface area contributed by atoms with Crippen LogP contribution in [-0.4, -0.2) is 249 Å². The van der Waals surface area contributed by atoms with Gasteiger partial charge in [-0.25, -0.2) is 62.8 Å². The fourth-order valence-corrected chi connectivity index (χ4v) is 25.4. The van der Waals surface area contributed by atoms with E-state index >= 15 is 8.78 Å². The van der Waals surface area contributed by atoms with Crippen LogP contribution in [0.15, 0.2) is 81.9 Å². The van der Waals surface area contributed by atoms with Gasteiger partial charge in [0.25, 0.3) is 16.7 Å². The van der Waals surface area contributed by atoms with Gasteiger partial charge in [-0.1, -0.05) is 36.7 Å². The van der Waals surface area contributed by atoms with E-state index < -0.39 is 192 Å². The lowest BCUT2D eigenvalue weighted by atomic mass is 10.1. The highest BCUT2D eigenvalue weighted by Crippen LogP contribution is 2.63. The highest BCUT2D eigenvalue weighted by molar-refractivity contribution is 8.60. The largest absolute Gasteiger partial charge is 0.472 e. The molecule has 11 aromatic rings. The number of aliphatic imine (C=N–C) groups is 1. The fourth-order valence-electron chi connectivity index (χ4n) is 16.0. The third-order valence-corrected chi connectivity index (χ3v) is 32.0. The number of carbonyl (C=O) groups is 1. The number of nitrogens with two attached hydrogens (primary N) is 5. The van der Waals surface area contributed by atoms with Gasteiger partial charge in [0.1, 0.15) is 78.4 Å². The van der Waals surface area contributed by atoms with Gasteiger partial charge in [-0.2, -0.15) is 15.0 Å². The van der Waals surface area contributed by atoms with E-state index in [1.54, 1.807) is 21.4 Å². The van der Waals surface area contributed by atoms with Crippen LogP contribution in [0, 0.1) is 0 Å². The molecule has 0 saturated carbocycles. The van der Waals surface area contributed by atoms with E-state index in [2.05, 4.69) is 112 Å². The Morgan fingerprint density at radius 2 is 0.840 bits per heavy atom. The van der Waals surface area contributed by atoms with Gasteiger partial charge in [-0.15, -0.1) is 0 Å². The predicted molar refractivity (Wildman–Crippen MR) is 474 cm³/mol. The number of ketones is 1. The summed E-state index contributed by atoms with van der Waals surface area (Å²) in [5.74, 6) is -0.253. The molecule has 11 aromatic heterocycles. The first-order chi connectivity index (χ1) is 62.2. The first-order valence-electron chi connectivity index (χ1n) is 38.8. The molecule has 0 aliphatic carbocycles. The Morgan fingerprint density at radius 1 is 0.412 bits per heavy atom. The average Bonchev–Trinajstić information content (AvgIpc) is 1.61. The molecule has 68 heteroatoms. The number of H-pyrrole nitrogens is 3. The molecule has 21 rings (SSSR count). The van der Waals surface area contributed by atoms with Crippen LogP contribution >= 0.6 is 76.2 Å². The number of pyridine rings is 2. The van der Waals surface area contributed by atoms with Gasteiger partial charge in [-0.05, 0) is 59.4 Å². The number of ether oxygens (including phenoxy) is 6. The number of aromatic nitrogens is 20. The lowest BCUT2D eigenvalue weighted by Gasteiger charge is -2.27. The average molecular weight is 2070 g/mol. The first kappa shape index (κ1) is 93.0. The number of nitrogens with one attached hydrogen (secondary N) is 3. The zero-order valence-corrected chi connectivity index (χ0v) is 77.5.